The quantitative estimate of drug-likeness (QED) is 0.357. The van der Waals surface area contributed by atoms with Gasteiger partial charge in [0.05, 0.1) is 4.90 Å². The number of aryl methyl sites for hydroxylation is 1. The summed E-state index contributed by atoms with van der Waals surface area (Å²) in [6.07, 6.45) is 4.10. The second kappa shape index (κ2) is 9.68. The molecule has 0 saturated carbocycles. The van der Waals surface area contributed by atoms with Gasteiger partial charge in [0.1, 0.15) is 5.76 Å². The third-order valence-electron chi connectivity index (χ3n) is 7.02. The molecule has 2 aromatic carbocycles. The number of likely N-dealkylation sites (tertiary alicyclic amines) is 1. The molecule has 1 aliphatic heterocycles. The SMILES string of the molecule is Cc1onc(NS(=O)(=O)c2ccccc2-c2ccc(-c3ncccn3)cc2CN2CCC(C)(C)C2=O)c1C. The van der Waals surface area contributed by atoms with Gasteiger partial charge in [-0.15, -0.1) is 0 Å². The summed E-state index contributed by atoms with van der Waals surface area (Å²) < 4.78 is 34.8. The highest BCUT2D eigenvalue weighted by Gasteiger charge is 2.38. The molecule has 0 radical (unpaired) electrons. The smallest absolute Gasteiger partial charge is 0.263 e. The molecule has 1 fully saturated rings. The molecule has 1 amide bonds. The summed E-state index contributed by atoms with van der Waals surface area (Å²) in [7, 11) is -4.01. The number of carbonyl (C=O) groups excluding carboxylic acids is 1. The summed E-state index contributed by atoms with van der Waals surface area (Å²) in [6.45, 7) is 8.33. The Morgan fingerprint density at radius 3 is 2.42 bits per heavy atom. The van der Waals surface area contributed by atoms with Crippen molar-refractivity contribution in [1.82, 2.24) is 20.0 Å². The number of nitrogens with one attached hydrogen (secondary N) is 1. The highest BCUT2D eigenvalue weighted by molar-refractivity contribution is 7.92. The fraction of sp³-hybridized carbons (Fsp3) is 0.286. The summed E-state index contributed by atoms with van der Waals surface area (Å²) in [5.74, 6) is 1.31. The Labute approximate surface area is 222 Å². The molecule has 4 aromatic rings. The van der Waals surface area contributed by atoms with Gasteiger partial charge in [-0.25, -0.2) is 18.4 Å². The van der Waals surface area contributed by atoms with Crippen LogP contribution in [0.3, 0.4) is 0 Å². The van der Waals surface area contributed by atoms with Gasteiger partial charge in [0, 0.05) is 47.6 Å². The minimum absolute atomic E-state index is 0.0734. The number of nitrogens with zero attached hydrogens (tertiary/aromatic N) is 4. The van der Waals surface area contributed by atoms with Crippen LogP contribution in [0.1, 0.15) is 37.2 Å². The Morgan fingerprint density at radius 2 is 1.76 bits per heavy atom. The molecule has 38 heavy (non-hydrogen) atoms. The van der Waals surface area contributed by atoms with Crippen molar-refractivity contribution in [2.45, 2.75) is 45.6 Å². The minimum atomic E-state index is -4.01. The van der Waals surface area contributed by atoms with Crippen LogP contribution in [0, 0.1) is 19.3 Å². The van der Waals surface area contributed by atoms with Gasteiger partial charge in [0.15, 0.2) is 11.6 Å². The van der Waals surface area contributed by atoms with Gasteiger partial charge in [0.2, 0.25) is 5.91 Å². The van der Waals surface area contributed by atoms with Crippen LogP contribution < -0.4 is 4.72 Å². The summed E-state index contributed by atoms with van der Waals surface area (Å²) in [5, 5.41) is 3.86. The Balaban J connectivity index is 1.61. The maximum atomic E-state index is 13.6. The van der Waals surface area contributed by atoms with Crippen LogP contribution in [0.2, 0.25) is 0 Å². The Morgan fingerprint density at radius 1 is 1.03 bits per heavy atom. The molecule has 1 N–H and O–H groups in total. The Bertz CT molecular complexity index is 1610. The number of hydrogen-bond donors (Lipinski definition) is 1. The van der Waals surface area contributed by atoms with Crippen molar-refractivity contribution in [3.63, 3.8) is 0 Å². The van der Waals surface area contributed by atoms with E-state index in [1.807, 2.05) is 36.9 Å². The average Bonchev–Trinajstić information content (AvgIpc) is 3.36. The van der Waals surface area contributed by atoms with Crippen LogP contribution in [0.4, 0.5) is 5.82 Å². The van der Waals surface area contributed by atoms with Crippen LogP contribution in [-0.4, -0.2) is 40.9 Å². The van der Waals surface area contributed by atoms with Gasteiger partial charge in [-0.2, -0.15) is 0 Å². The van der Waals surface area contributed by atoms with E-state index in [1.165, 1.54) is 0 Å². The maximum Gasteiger partial charge on any atom is 0.263 e. The van der Waals surface area contributed by atoms with Crippen LogP contribution >= 0.6 is 0 Å². The van der Waals surface area contributed by atoms with E-state index in [4.69, 9.17) is 4.52 Å². The first-order chi connectivity index (χ1) is 18.1. The second-order valence-corrected chi connectivity index (χ2v) is 11.8. The Kier molecular flexibility index (Phi) is 6.52. The van der Waals surface area contributed by atoms with E-state index >= 15 is 0 Å². The lowest BCUT2D eigenvalue weighted by Crippen LogP contribution is -2.30. The second-order valence-electron chi connectivity index (χ2n) is 10.1. The molecule has 3 heterocycles. The van der Waals surface area contributed by atoms with Crippen molar-refractivity contribution >= 4 is 21.7 Å². The molecule has 196 valence electrons. The number of aromatic nitrogens is 3. The maximum absolute atomic E-state index is 13.6. The molecule has 0 atom stereocenters. The number of carbonyl (C=O) groups is 1. The fourth-order valence-electron chi connectivity index (χ4n) is 4.60. The lowest BCUT2D eigenvalue weighted by Gasteiger charge is -2.22. The topological polar surface area (TPSA) is 118 Å². The third kappa shape index (κ3) is 4.79. The molecule has 10 heteroatoms. The number of sulfonamides is 1. The molecule has 1 aliphatic rings. The van der Waals surface area contributed by atoms with E-state index in [0.717, 1.165) is 17.5 Å². The van der Waals surface area contributed by atoms with Gasteiger partial charge in [-0.1, -0.05) is 49.3 Å². The minimum Gasteiger partial charge on any atom is -0.359 e. The summed E-state index contributed by atoms with van der Waals surface area (Å²) in [4.78, 5) is 23.7. The van der Waals surface area contributed by atoms with E-state index in [-0.39, 0.29) is 16.6 Å². The van der Waals surface area contributed by atoms with Crippen LogP contribution in [0.5, 0.6) is 0 Å². The highest BCUT2D eigenvalue weighted by Crippen LogP contribution is 2.37. The summed E-state index contributed by atoms with van der Waals surface area (Å²) in [6, 6.07) is 14.2. The molecule has 0 unspecified atom stereocenters. The first kappa shape index (κ1) is 25.6. The van der Waals surface area contributed by atoms with E-state index in [9.17, 15) is 13.2 Å². The molecular formula is C28H29N5O4S. The number of benzene rings is 2. The van der Waals surface area contributed by atoms with Gasteiger partial charge in [0.25, 0.3) is 10.0 Å². The third-order valence-corrected chi connectivity index (χ3v) is 8.42. The van der Waals surface area contributed by atoms with Crippen molar-refractivity contribution in [3.8, 4) is 22.5 Å². The van der Waals surface area contributed by atoms with Crippen molar-refractivity contribution in [2.75, 3.05) is 11.3 Å². The van der Waals surface area contributed by atoms with Gasteiger partial charge in [-0.3, -0.25) is 9.52 Å². The predicted molar refractivity (Wildman–Crippen MR) is 144 cm³/mol. The number of amides is 1. The van der Waals surface area contributed by atoms with Crippen LogP contribution in [0.15, 0.2) is 70.3 Å². The zero-order chi connectivity index (χ0) is 27.1. The largest absolute Gasteiger partial charge is 0.359 e. The van der Waals surface area contributed by atoms with Gasteiger partial charge in [-0.05, 0) is 49.6 Å². The Hall–Kier alpha value is -4.05. The normalized spacial score (nSPS) is 15.2. The molecule has 2 aromatic heterocycles. The zero-order valence-electron chi connectivity index (χ0n) is 21.7. The molecule has 9 nitrogen and oxygen atoms in total. The fourth-order valence-corrected chi connectivity index (χ4v) is 5.88. The van der Waals surface area contributed by atoms with E-state index < -0.39 is 15.4 Å². The zero-order valence-corrected chi connectivity index (χ0v) is 22.5. The van der Waals surface area contributed by atoms with Gasteiger partial charge < -0.3 is 9.42 Å². The number of hydrogen-bond acceptors (Lipinski definition) is 7. The molecule has 0 spiro atoms. The number of anilines is 1. The predicted octanol–water partition coefficient (Wildman–Crippen LogP) is 4.97. The first-order valence-corrected chi connectivity index (χ1v) is 13.8. The number of rotatable bonds is 7. The molecular weight excluding hydrogens is 502 g/mol. The molecule has 5 rings (SSSR count). The van der Waals surface area contributed by atoms with Crippen molar-refractivity contribution in [2.24, 2.45) is 5.41 Å². The van der Waals surface area contributed by atoms with E-state index in [1.54, 1.807) is 56.6 Å². The lowest BCUT2D eigenvalue weighted by atomic mass is 9.92. The highest BCUT2D eigenvalue weighted by atomic mass is 32.2. The average molecular weight is 532 g/mol. The van der Waals surface area contributed by atoms with Gasteiger partial charge >= 0.3 is 0 Å². The van der Waals surface area contributed by atoms with Crippen molar-refractivity contribution in [1.29, 1.82) is 0 Å². The lowest BCUT2D eigenvalue weighted by molar-refractivity contribution is -0.135. The summed E-state index contributed by atoms with van der Waals surface area (Å²) >= 11 is 0. The van der Waals surface area contributed by atoms with Crippen LogP contribution in [-0.2, 0) is 21.4 Å². The van der Waals surface area contributed by atoms with E-state index in [0.29, 0.717) is 41.4 Å². The van der Waals surface area contributed by atoms with Crippen molar-refractivity contribution in [3.05, 3.63) is 77.8 Å². The summed E-state index contributed by atoms with van der Waals surface area (Å²) in [5.41, 5.74) is 2.99. The first-order valence-electron chi connectivity index (χ1n) is 12.3. The molecule has 0 aliphatic carbocycles. The molecule has 1 saturated heterocycles. The van der Waals surface area contributed by atoms with Crippen molar-refractivity contribution < 1.29 is 17.7 Å². The molecule has 0 bridgehead atoms. The standard InChI is InChI=1S/C28H29N5O4S/c1-18-19(2)37-31-25(18)32-38(35,36)24-9-6-5-8-23(24)22-11-10-20(26-29-13-7-14-30-26)16-21(22)17-33-15-12-28(3,4)27(33)34/h5-11,13-14,16H,12,15,17H2,1-4H3,(H,31,32). The monoisotopic (exact) mass is 531 g/mol. The van der Waals surface area contributed by atoms with Crippen LogP contribution in [0.25, 0.3) is 22.5 Å². The van der Waals surface area contributed by atoms with E-state index in [2.05, 4.69) is 19.8 Å².